The summed E-state index contributed by atoms with van der Waals surface area (Å²) in [6.45, 7) is 2.47. The van der Waals surface area contributed by atoms with Crippen molar-refractivity contribution in [1.82, 2.24) is 4.90 Å². The maximum atomic E-state index is 11.8. The molecular weight excluding hydrogens is 206 g/mol. The zero-order valence-electron chi connectivity index (χ0n) is 8.97. The van der Waals surface area contributed by atoms with Gasteiger partial charge in [0, 0.05) is 30.5 Å². The van der Waals surface area contributed by atoms with Crippen LogP contribution in [0.3, 0.4) is 0 Å². The molecule has 0 spiro atoms. The van der Waals surface area contributed by atoms with E-state index < -0.39 is 11.9 Å². The first-order valence-electron chi connectivity index (χ1n) is 5.14. The fourth-order valence-electron chi connectivity index (χ4n) is 1.67. The topological polar surface area (TPSA) is 60.4 Å². The Bertz CT molecular complexity index is 418. The second kappa shape index (κ2) is 3.96. The van der Waals surface area contributed by atoms with Gasteiger partial charge in [-0.2, -0.15) is 0 Å². The summed E-state index contributed by atoms with van der Waals surface area (Å²) in [4.78, 5) is 23.8. The Kier molecular flexibility index (Phi) is 2.64. The number of nitrogens with zero attached hydrogens (tertiary/aromatic N) is 1. The SMILES string of the molecule is Cc1ccc(C(=O)N2CC(C(=O)[O-])C2)cc1. The number of carboxylic acid groups (broad SMARTS) is 1. The van der Waals surface area contributed by atoms with Gasteiger partial charge < -0.3 is 14.8 Å². The molecule has 0 aliphatic carbocycles. The van der Waals surface area contributed by atoms with Gasteiger partial charge in [-0.1, -0.05) is 17.7 Å². The monoisotopic (exact) mass is 218 g/mol. The molecule has 4 heteroatoms. The van der Waals surface area contributed by atoms with Gasteiger partial charge in [-0.15, -0.1) is 0 Å². The fraction of sp³-hybridized carbons (Fsp3) is 0.333. The number of aryl methyl sites for hydroxylation is 1. The van der Waals surface area contributed by atoms with Crippen LogP contribution in [0.5, 0.6) is 0 Å². The maximum Gasteiger partial charge on any atom is 0.253 e. The van der Waals surface area contributed by atoms with E-state index in [9.17, 15) is 14.7 Å². The van der Waals surface area contributed by atoms with Crippen molar-refractivity contribution in [3.05, 3.63) is 35.4 Å². The van der Waals surface area contributed by atoms with E-state index in [1.165, 1.54) is 4.90 Å². The van der Waals surface area contributed by atoms with E-state index in [1.54, 1.807) is 12.1 Å². The fourth-order valence-corrected chi connectivity index (χ4v) is 1.67. The third-order valence-electron chi connectivity index (χ3n) is 2.80. The smallest absolute Gasteiger partial charge is 0.253 e. The van der Waals surface area contributed by atoms with E-state index in [0.717, 1.165) is 5.56 Å². The first kappa shape index (κ1) is 10.7. The van der Waals surface area contributed by atoms with Crippen LogP contribution in [0.2, 0.25) is 0 Å². The Hall–Kier alpha value is -1.84. The van der Waals surface area contributed by atoms with Crippen molar-refractivity contribution in [2.75, 3.05) is 13.1 Å². The van der Waals surface area contributed by atoms with Crippen molar-refractivity contribution >= 4 is 11.9 Å². The lowest BCUT2D eigenvalue weighted by atomic mass is 9.99. The maximum absolute atomic E-state index is 11.8. The number of carboxylic acids is 1. The molecule has 84 valence electrons. The Morgan fingerprint density at radius 2 is 1.81 bits per heavy atom. The summed E-state index contributed by atoms with van der Waals surface area (Å²) in [5.74, 6) is -1.69. The second-order valence-corrected chi connectivity index (χ2v) is 4.09. The predicted molar refractivity (Wildman–Crippen MR) is 55.6 cm³/mol. The second-order valence-electron chi connectivity index (χ2n) is 4.09. The molecule has 4 nitrogen and oxygen atoms in total. The molecule has 1 heterocycles. The van der Waals surface area contributed by atoms with Crippen LogP contribution in [-0.2, 0) is 4.79 Å². The number of likely N-dealkylation sites (tertiary alicyclic amines) is 1. The molecule has 1 fully saturated rings. The number of aliphatic carboxylic acids is 1. The van der Waals surface area contributed by atoms with Crippen LogP contribution >= 0.6 is 0 Å². The molecule has 0 N–H and O–H groups in total. The van der Waals surface area contributed by atoms with Crippen LogP contribution in [0.15, 0.2) is 24.3 Å². The number of hydrogen-bond acceptors (Lipinski definition) is 3. The van der Waals surface area contributed by atoms with E-state index in [-0.39, 0.29) is 19.0 Å². The molecule has 1 amide bonds. The van der Waals surface area contributed by atoms with E-state index in [0.29, 0.717) is 5.56 Å². The first-order valence-corrected chi connectivity index (χ1v) is 5.14. The summed E-state index contributed by atoms with van der Waals surface area (Å²) in [6.07, 6.45) is 0. The summed E-state index contributed by atoms with van der Waals surface area (Å²) < 4.78 is 0. The van der Waals surface area contributed by atoms with Crippen LogP contribution in [0.1, 0.15) is 15.9 Å². The van der Waals surface area contributed by atoms with Gasteiger partial charge in [0.25, 0.3) is 5.91 Å². The summed E-state index contributed by atoms with van der Waals surface area (Å²) in [7, 11) is 0. The molecular formula is C12H12NO3-. The number of benzene rings is 1. The molecule has 16 heavy (non-hydrogen) atoms. The zero-order valence-corrected chi connectivity index (χ0v) is 8.97. The Balaban J connectivity index is 2.00. The highest BCUT2D eigenvalue weighted by Crippen LogP contribution is 2.18. The number of carbonyl (C=O) groups is 2. The number of amides is 1. The standard InChI is InChI=1S/C12H13NO3/c1-8-2-4-9(5-3-8)11(14)13-6-10(7-13)12(15)16/h2-5,10H,6-7H2,1H3,(H,15,16)/p-1. The summed E-state index contributed by atoms with van der Waals surface area (Å²) in [5.41, 5.74) is 1.69. The molecule has 1 aliphatic rings. The van der Waals surface area contributed by atoms with Crippen molar-refractivity contribution in [1.29, 1.82) is 0 Å². The third-order valence-corrected chi connectivity index (χ3v) is 2.80. The number of carbonyl (C=O) groups excluding carboxylic acids is 2. The van der Waals surface area contributed by atoms with E-state index >= 15 is 0 Å². The van der Waals surface area contributed by atoms with Crippen molar-refractivity contribution in [2.45, 2.75) is 6.92 Å². The highest BCUT2D eigenvalue weighted by molar-refractivity contribution is 5.95. The number of hydrogen-bond donors (Lipinski definition) is 0. The molecule has 1 aromatic rings. The minimum Gasteiger partial charge on any atom is -0.550 e. The molecule has 0 aromatic heterocycles. The molecule has 2 rings (SSSR count). The highest BCUT2D eigenvalue weighted by Gasteiger charge is 2.31. The highest BCUT2D eigenvalue weighted by atomic mass is 16.4. The van der Waals surface area contributed by atoms with Crippen molar-refractivity contribution in [3.63, 3.8) is 0 Å². The average molecular weight is 218 g/mol. The molecule has 0 bridgehead atoms. The summed E-state index contributed by atoms with van der Waals surface area (Å²) in [6, 6.07) is 7.24. The Morgan fingerprint density at radius 1 is 1.25 bits per heavy atom. The first-order chi connectivity index (χ1) is 7.58. The molecule has 1 aromatic carbocycles. The number of rotatable bonds is 2. The third kappa shape index (κ3) is 1.91. The van der Waals surface area contributed by atoms with Gasteiger partial charge in [0.15, 0.2) is 0 Å². The van der Waals surface area contributed by atoms with Gasteiger partial charge in [-0.25, -0.2) is 0 Å². The molecule has 0 saturated carbocycles. The van der Waals surface area contributed by atoms with Crippen LogP contribution < -0.4 is 5.11 Å². The molecule has 0 unspecified atom stereocenters. The lowest BCUT2D eigenvalue weighted by Crippen LogP contribution is -2.56. The molecule has 1 saturated heterocycles. The van der Waals surface area contributed by atoms with Gasteiger partial charge in [0.1, 0.15) is 0 Å². The van der Waals surface area contributed by atoms with Gasteiger partial charge in [-0.05, 0) is 19.1 Å². The minimum absolute atomic E-state index is 0.113. The summed E-state index contributed by atoms with van der Waals surface area (Å²) in [5, 5.41) is 10.5. The molecule has 1 aliphatic heterocycles. The lowest BCUT2D eigenvalue weighted by molar-refractivity contribution is -0.314. The minimum atomic E-state index is -1.08. The zero-order chi connectivity index (χ0) is 11.7. The molecule has 0 atom stereocenters. The van der Waals surface area contributed by atoms with Crippen molar-refractivity contribution in [3.8, 4) is 0 Å². The van der Waals surface area contributed by atoms with Gasteiger partial charge in [0.05, 0.1) is 0 Å². The van der Waals surface area contributed by atoms with E-state index in [2.05, 4.69) is 0 Å². The lowest BCUT2D eigenvalue weighted by Gasteiger charge is -2.39. The Morgan fingerprint density at radius 3 is 2.31 bits per heavy atom. The van der Waals surface area contributed by atoms with Crippen molar-refractivity contribution in [2.24, 2.45) is 5.92 Å². The Labute approximate surface area is 93.5 Å². The van der Waals surface area contributed by atoms with E-state index in [4.69, 9.17) is 0 Å². The van der Waals surface area contributed by atoms with Crippen LogP contribution in [0.4, 0.5) is 0 Å². The molecule has 0 radical (unpaired) electrons. The van der Waals surface area contributed by atoms with Gasteiger partial charge >= 0.3 is 0 Å². The largest absolute Gasteiger partial charge is 0.550 e. The van der Waals surface area contributed by atoms with Crippen LogP contribution in [0.25, 0.3) is 0 Å². The van der Waals surface area contributed by atoms with Gasteiger partial charge in [-0.3, -0.25) is 4.79 Å². The average Bonchev–Trinajstić information content (AvgIpc) is 2.15. The summed E-state index contributed by atoms with van der Waals surface area (Å²) >= 11 is 0. The van der Waals surface area contributed by atoms with Crippen LogP contribution in [-0.4, -0.2) is 29.9 Å². The quantitative estimate of drug-likeness (QED) is 0.691. The van der Waals surface area contributed by atoms with Crippen molar-refractivity contribution < 1.29 is 14.7 Å². The predicted octanol–water partition coefficient (Wildman–Crippen LogP) is -0.183. The normalized spacial score (nSPS) is 15.7. The van der Waals surface area contributed by atoms with Crippen LogP contribution in [0, 0.1) is 12.8 Å². The van der Waals surface area contributed by atoms with E-state index in [1.807, 2.05) is 19.1 Å². The van der Waals surface area contributed by atoms with Gasteiger partial charge in [0.2, 0.25) is 0 Å².